The first-order valence-electron chi connectivity index (χ1n) is 6.62. The van der Waals surface area contributed by atoms with Crippen LogP contribution in [0, 0.1) is 6.92 Å². The maximum absolute atomic E-state index is 11.1. The minimum absolute atomic E-state index is 0.270. The Bertz CT molecular complexity index is 421. The van der Waals surface area contributed by atoms with Gasteiger partial charge in [-0.05, 0) is 50.3 Å². The molecule has 0 heterocycles. The molecule has 1 saturated carbocycles. The molecular weight excluding hydrogens is 292 g/mol. The Morgan fingerprint density at radius 2 is 1.89 bits per heavy atom. The van der Waals surface area contributed by atoms with Gasteiger partial charge in [0.1, 0.15) is 5.75 Å². The minimum atomic E-state index is 0.270. The molecule has 3 heteroatoms. The third kappa shape index (κ3) is 3.35. The number of rotatable bonds is 3. The summed E-state index contributed by atoms with van der Waals surface area (Å²) in [6.07, 6.45) is 8.43. The van der Waals surface area contributed by atoms with Gasteiger partial charge in [0, 0.05) is 4.47 Å². The lowest BCUT2D eigenvalue weighted by atomic mass is 10.1. The van der Waals surface area contributed by atoms with E-state index in [-0.39, 0.29) is 6.10 Å². The number of carbonyl (C=O) groups excluding carboxylic acids is 1. The van der Waals surface area contributed by atoms with Gasteiger partial charge in [0.2, 0.25) is 0 Å². The van der Waals surface area contributed by atoms with Gasteiger partial charge in [-0.15, -0.1) is 0 Å². The zero-order valence-corrected chi connectivity index (χ0v) is 12.3. The molecule has 98 valence electrons. The summed E-state index contributed by atoms with van der Waals surface area (Å²) < 4.78 is 7.02. The molecule has 0 N–H and O–H groups in total. The van der Waals surface area contributed by atoms with Gasteiger partial charge < -0.3 is 4.74 Å². The molecule has 0 aliphatic heterocycles. The molecule has 1 aromatic rings. The van der Waals surface area contributed by atoms with Gasteiger partial charge in [-0.2, -0.15) is 0 Å². The molecule has 1 aliphatic rings. The third-order valence-corrected chi connectivity index (χ3v) is 3.94. The van der Waals surface area contributed by atoms with Gasteiger partial charge in [0.25, 0.3) is 0 Å². The second-order valence-electron chi connectivity index (χ2n) is 4.99. The van der Waals surface area contributed by atoms with Gasteiger partial charge in [0.15, 0.2) is 6.29 Å². The van der Waals surface area contributed by atoms with Crippen molar-refractivity contribution in [1.29, 1.82) is 0 Å². The van der Waals surface area contributed by atoms with Crippen LogP contribution in [0.2, 0.25) is 0 Å². The summed E-state index contributed by atoms with van der Waals surface area (Å²) >= 11 is 3.41. The molecule has 0 amide bonds. The molecule has 1 aliphatic carbocycles. The smallest absolute Gasteiger partial charge is 0.153 e. The molecule has 1 fully saturated rings. The number of aldehydes is 1. The molecule has 1 aromatic carbocycles. The van der Waals surface area contributed by atoms with Crippen molar-refractivity contribution < 1.29 is 9.53 Å². The summed E-state index contributed by atoms with van der Waals surface area (Å²) in [5, 5.41) is 0. The Labute approximate surface area is 117 Å². The third-order valence-electron chi connectivity index (χ3n) is 3.48. The van der Waals surface area contributed by atoms with Crippen LogP contribution >= 0.6 is 15.9 Å². The zero-order chi connectivity index (χ0) is 13.0. The predicted molar refractivity (Wildman–Crippen MR) is 76.4 cm³/mol. The number of aryl methyl sites for hydroxylation is 1. The van der Waals surface area contributed by atoms with Crippen LogP contribution in [-0.2, 0) is 0 Å². The van der Waals surface area contributed by atoms with Crippen molar-refractivity contribution in [2.45, 2.75) is 51.6 Å². The number of hydrogen-bond donors (Lipinski definition) is 0. The molecule has 0 aromatic heterocycles. The Balaban J connectivity index is 2.19. The van der Waals surface area contributed by atoms with E-state index < -0.39 is 0 Å². The van der Waals surface area contributed by atoms with Crippen molar-refractivity contribution in [3.05, 3.63) is 27.7 Å². The highest BCUT2D eigenvalue weighted by atomic mass is 79.9. The van der Waals surface area contributed by atoms with E-state index in [1.54, 1.807) is 0 Å². The fourth-order valence-electron chi connectivity index (χ4n) is 2.53. The first-order valence-corrected chi connectivity index (χ1v) is 7.42. The predicted octanol–water partition coefficient (Wildman–Crippen LogP) is 4.67. The van der Waals surface area contributed by atoms with Crippen molar-refractivity contribution in [2.24, 2.45) is 0 Å². The SMILES string of the molecule is Cc1cc(Br)cc(C=O)c1OC1CCCCCC1. The average Bonchev–Trinajstić information content (AvgIpc) is 2.60. The quantitative estimate of drug-likeness (QED) is 0.599. The molecule has 0 bridgehead atoms. The van der Waals surface area contributed by atoms with Crippen LogP contribution in [0.5, 0.6) is 5.75 Å². The van der Waals surface area contributed by atoms with E-state index in [2.05, 4.69) is 15.9 Å². The lowest BCUT2D eigenvalue weighted by molar-refractivity contribution is 0.111. The molecular formula is C15H19BrO2. The van der Waals surface area contributed by atoms with Crippen LogP contribution in [0.1, 0.15) is 54.4 Å². The van der Waals surface area contributed by atoms with Crippen LogP contribution in [0.3, 0.4) is 0 Å². The first kappa shape index (κ1) is 13.6. The monoisotopic (exact) mass is 310 g/mol. The summed E-state index contributed by atoms with van der Waals surface area (Å²) in [6, 6.07) is 3.82. The highest BCUT2D eigenvalue weighted by molar-refractivity contribution is 9.10. The Hall–Kier alpha value is -0.830. The van der Waals surface area contributed by atoms with Crippen molar-refractivity contribution in [2.75, 3.05) is 0 Å². The molecule has 0 saturated heterocycles. The van der Waals surface area contributed by atoms with Crippen LogP contribution in [0.4, 0.5) is 0 Å². The van der Waals surface area contributed by atoms with E-state index in [0.29, 0.717) is 5.56 Å². The first-order chi connectivity index (χ1) is 8.70. The molecule has 2 rings (SSSR count). The topological polar surface area (TPSA) is 26.3 Å². The summed E-state index contributed by atoms with van der Waals surface area (Å²) in [4.78, 5) is 11.1. The highest BCUT2D eigenvalue weighted by Crippen LogP contribution is 2.30. The largest absolute Gasteiger partial charge is 0.489 e. The fraction of sp³-hybridized carbons (Fsp3) is 0.533. The van der Waals surface area contributed by atoms with Crippen LogP contribution in [0.15, 0.2) is 16.6 Å². The molecule has 2 nitrogen and oxygen atoms in total. The Morgan fingerprint density at radius 1 is 1.22 bits per heavy atom. The van der Waals surface area contributed by atoms with E-state index in [1.165, 1.54) is 25.7 Å². The maximum atomic E-state index is 11.1. The van der Waals surface area contributed by atoms with Gasteiger partial charge >= 0.3 is 0 Å². The van der Waals surface area contributed by atoms with Crippen molar-refractivity contribution >= 4 is 22.2 Å². The van der Waals surface area contributed by atoms with Crippen LogP contribution < -0.4 is 4.74 Å². The second-order valence-corrected chi connectivity index (χ2v) is 5.91. The van der Waals surface area contributed by atoms with Crippen LogP contribution in [-0.4, -0.2) is 12.4 Å². The number of halogens is 1. The minimum Gasteiger partial charge on any atom is -0.489 e. The van der Waals surface area contributed by atoms with Gasteiger partial charge in [0.05, 0.1) is 11.7 Å². The van der Waals surface area contributed by atoms with E-state index >= 15 is 0 Å². The lowest BCUT2D eigenvalue weighted by Gasteiger charge is -2.20. The molecule has 0 spiro atoms. The summed E-state index contributed by atoms with van der Waals surface area (Å²) in [5.74, 6) is 0.764. The van der Waals surface area contributed by atoms with E-state index in [4.69, 9.17) is 4.74 Å². The number of carbonyl (C=O) groups is 1. The lowest BCUT2D eigenvalue weighted by Crippen LogP contribution is -2.16. The van der Waals surface area contributed by atoms with Gasteiger partial charge in [-0.25, -0.2) is 0 Å². The van der Waals surface area contributed by atoms with Crippen molar-refractivity contribution in [3.63, 3.8) is 0 Å². The molecule has 18 heavy (non-hydrogen) atoms. The van der Waals surface area contributed by atoms with E-state index in [9.17, 15) is 4.79 Å². The number of ether oxygens (including phenoxy) is 1. The molecule has 0 radical (unpaired) electrons. The molecule has 0 unspecified atom stereocenters. The van der Waals surface area contributed by atoms with Gasteiger partial charge in [-0.3, -0.25) is 4.79 Å². The van der Waals surface area contributed by atoms with E-state index in [0.717, 1.165) is 34.9 Å². The summed E-state index contributed by atoms with van der Waals surface area (Å²) in [5.41, 5.74) is 1.67. The normalized spacial score (nSPS) is 17.2. The number of hydrogen-bond acceptors (Lipinski definition) is 2. The summed E-state index contributed by atoms with van der Waals surface area (Å²) in [7, 11) is 0. The summed E-state index contributed by atoms with van der Waals surface area (Å²) in [6.45, 7) is 1.99. The van der Waals surface area contributed by atoms with Crippen LogP contribution in [0.25, 0.3) is 0 Å². The Morgan fingerprint density at radius 3 is 2.50 bits per heavy atom. The zero-order valence-electron chi connectivity index (χ0n) is 10.7. The average molecular weight is 311 g/mol. The Kier molecular flexibility index (Phi) is 4.81. The van der Waals surface area contributed by atoms with Crippen molar-refractivity contribution in [3.8, 4) is 5.75 Å². The number of benzene rings is 1. The standard InChI is InChI=1S/C15H19BrO2/c1-11-8-13(16)9-12(10-17)15(11)18-14-6-4-2-3-5-7-14/h8-10,14H,2-7H2,1H3. The highest BCUT2D eigenvalue weighted by Gasteiger charge is 2.17. The molecule has 0 atom stereocenters. The maximum Gasteiger partial charge on any atom is 0.153 e. The van der Waals surface area contributed by atoms with E-state index in [1.807, 2.05) is 19.1 Å². The van der Waals surface area contributed by atoms with Gasteiger partial charge in [-0.1, -0.05) is 28.8 Å². The second kappa shape index (κ2) is 6.37. The van der Waals surface area contributed by atoms with Crippen molar-refractivity contribution in [1.82, 2.24) is 0 Å². The fourth-order valence-corrected chi connectivity index (χ4v) is 3.12.